The van der Waals surface area contributed by atoms with E-state index in [9.17, 15) is 18.0 Å². The summed E-state index contributed by atoms with van der Waals surface area (Å²) in [5, 5.41) is 2.94. The van der Waals surface area contributed by atoms with Gasteiger partial charge in [0.15, 0.2) is 0 Å². The van der Waals surface area contributed by atoms with Crippen LogP contribution in [-0.4, -0.2) is 50.5 Å². The van der Waals surface area contributed by atoms with Crippen LogP contribution < -0.4 is 9.62 Å². The maximum atomic E-state index is 13.3. The molecule has 2 aromatic carbocycles. The lowest BCUT2D eigenvalue weighted by Crippen LogP contribution is -2.51. The van der Waals surface area contributed by atoms with Crippen molar-refractivity contribution in [3.8, 4) is 0 Å². The molecule has 0 spiro atoms. The van der Waals surface area contributed by atoms with Gasteiger partial charge in [0.05, 0.1) is 27.0 Å². The van der Waals surface area contributed by atoms with Gasteiger partial charge in [-0.3, -0.25) is 13.9 Å². The number of rotatable bonds is 9. The fraction of sp³-hybridized carbons (Fsp3) is 0.333. The highest BCUT2D eigenvalue weighted by Gasteiger charge is 2.31. The van der Waals surface area contributed by atoms with Crippen molar-refractivity contribution in [1.29, 1.82) is 0 Å². The molecular formula is C21H24Cl3N3O4S. The standard InChI is InChI=1S/C21H24Cl3N3O4S/c1-4-25-21(29)14(2)26(12-15-8-6-5-7-9-15)20(28)13-27(32(3,30)31)19-11-17(23)16(22)10-18(19)24/h5-11,14H,4,12-13H2,1-3H3,(H,25,29). The Bertz CT molecular complexity index is 1080. The lowest BCUT2D eigenvalue weighted by Gasteiger charge is -2.31. The number of carbonyl (C=O) groups excluding carboxylic acids is 2. The van der Waals surface area contributed by atoms with Gasteiger partial charge in [-0.25, -0.2) is 8.42 Å². The Morgan fingerprint density at radius 3 is 2.19 bits per heavy atom. The van der Waals surface area contributed by atoms with Crippen LogP contribution in [0.3, 0.4) is 0 Å². The third-order valence-corrected chi connectivity index (χ3v) is 6.80. The van der Waals surface area contributed by atoms with Crippen LogP contribution in [0.25, 0.3) is 0 Å². The van der Waals surface area contributed by atoms with Crippen LogP contribution >= 0.6 is 34.8 Å². The first-order chi connectivity index (χ1) is 15.0. The first kappa shape index (κ1) is 26.3. The molecule has 0 aliphatic carbocycles. The molecule has 174 valence electrons. The number of halogens is 3. The summed E-state index contributed by atoms with van der Waals surface area (Å²) in [5.74, 6) is -0.935. The van der Waals surface area contributed by atoms with E-state index in [1.165, 1.54) is 17.0 Å². The monoisotopic (exact) mass is 519 g/mol. The van der Waals surface area contributed by atoms with Gasteiger partial charge in [0.1, 0.15) is 12.6 Å². The first-order valence-corrected chi connectivity index (χ1v) is 12.7. The van der Waals surface area contributed by atoms with Gasteiger partial charge in [-0.05, 0) is 31.5 Å². The maximum Gasteiger partial charge on any atom is 0.244 e. The molecule has 0 radical (unpaired) electrons. The molecule has 2 aromatic rings. The van der Waals surface area contributed by atoms with Crippen molar-refractivity contribution in [2.24, 2.45) is 0 Å². The normalized spacial score (nSPS) is 12.2. The number of benzene rings is 2. The van der Waals surface area contributed by atoms with Crippen LogP contribution in [0.5, 0.6) is 0 Å². The van der Waals surface area contributed by atoms with Gasteiger partial charge >= 0.3 is 0 Å². The van der Waals surface area contributed by atoms with Crippen molar-refractivity contribution in [2.45, 2.75) is 26.4 Å². The lowest BCUT2D eigenvalue weighted by atomic mass is 10.1. The molecule has 1 atom stereocenters. The molecule has 1 N–H and O–H groups in total. The SMILES string of the molecule is CCNC(=O)C(C)N(Cc1ccccc1)C(=O)CN(c1cc(Cl)c(Cl)cc1Cl)S(C)(=O)=O. The highest BCUT2D eigenvalue weighted by atomic mass is 35.5. The summed E-state index contributed by atoms with van der Waals surface area (Å²) in [5.41, 5.74) is 0.803. The van der Waals surface area contributed by atoms with Crippen molar-refractivity contribution in [2.75, 3.05) is 23.7 Å². The molecule has 0 heterocycles. The predicted molar refractivity (Wildman–Crippen MR) is 129 cm³/mol. The molecule has 1 unspecified atom stereocenters. The zero-order valence-electron chi connectivity index (χ0n) is 17.8. The molecule has 32 heavy (non-hydrogen) atoms. The van der Waals surface area contributed by atoms with Crippen molar-refractivity contribution in [3.05, 3.63) is 63.1 Å². The molecule has 2 rings (SSSR count). The van der Waals surface area contributed by atoms with E-state index in [-0.39, 0.29) is 33.2 Å². The van der Waals surface area contributed by atoms with E-state index >= 15 is 0 Å². The number of sulfonamides is 1. The minimum Gasteiger partial charge on any atom is -0.355 e. The van der Waals surface area contributed by atoms with Crippen molar-refractivity contribution in [1.82, 2.24) is 10.2 Å². The zero-order chi connectivity index (χ0) is 24.1. The summed E-state index contributed by atoms with van der Waals surface area (Å²) in [6.07, 6.45) is 0.952. The van der Waals surface area contributed by atoms with E-state index in [0.717, 1.165) is 16.1 Å². The number of amides is 2. The van der Waals surface area contributed by atoms with E-state index in [0.29, 0.717) is 6.54 Å². The number of carbonyl (C=O) groups is 2. The zero-order valence-corrected chi connectivity index (χ0v) is 20.9. The topological polar surface area (TPSA) is 86.8 Å². The second-order valence-corrected chi connectivity index (χ2v) is 10.2. The van der Waals surface area contributed by atoms with Gasteiger partial charge in [0, 0.05) is 13.1 Å². The van der Waals surface area contributed by atoms with Gasteiger partial charge in [-0.15, -0.1) is 0 Å². The second kappa shape index (κ2) is 11.2. The largest absolute Gasteiger partial charge is 0.355 e. The highest BCUT2D eigenvalue weighted by molar-refractivity contribution is 7.92. The maximum absolute atomic E-state index is 13.3. The second-order valence-electron chi connectivity index (χ2n) is 7.07. The molecule has 0 saturated heterocycles. The summed E-state index contributed by atoms with van der Waals surface area (Å²) < 4.78 is 25.9. The Labute approximate surface area is 203 Å². The Hall–Kier alpha value is -2.00. The fourth-order valence-electron chi connectivity index (χ4n) is 2.98. The van der Waals surface area contributed by atoms with Crippen molar-refractivity contribution < 1.29 is 18.0 Å². The number of hydrogen-bond donors (Lipinski definition) is 1. The molecule has 0 aliphatic rings. The van der Waals surface area contributed by atoms with Gasteiger partial charge in [-0.1, -0.05) is 65.1 Å². The van der Waals surface area contributed by atoms with Gasteiger partial charge in [0.25, 0.3) is 0 Å². The van der Waals surface area contributed by atoms with Crippen LogP contribution in [0, 0.1) is 0 Å². The van der Waals surface area contributed by atoms with Gasteiger partial charge < -0.3 is 10.2 Å². The molecular weight excluding hydrogens is 497 g/mol. The van der Waals surface area contributed by atoms with Gasteiger partial charge in [0.2, 0.25) is 21.8 Å². The molecule has 0 bridgehead atoms. The van der Waals surface area contributed by atoms with E-state index < -0.39 is 28.5 Å². The van der Waals surface area contributed by atoms with Crippen LogP contribution in [0.1, 0.15) is 19.4 Å². The molecule has 0 aromatic heterocycles. The third-order valence-electron chi connectivity index (χ3n) is 4.65. The smallest absolute Gasteiger partial charge is 0.244 e. The number of nitrogens with one attached hydrogen (secondary N) is 1. The summed E-state index contributed by atoms with van der Waals surface area (Å²) in [7, 11) is -3.93. The average molecular weight is 521 g/mol. The summed E-state index contributed by atoms with van der Waals surface area (Å²) in [6, 6.07) is 10.8. The number of hydrogen-bond acceptors (Lipinski definition) is 4. The molecule has 0 fully saturated rings. The summed E-state index contributed by atoms with van der Waals surface area (Å²) in [4.78, 5) is 27.1. The Kier molecular flexibility index (Phi) is 9.21. The van der Waals surface area contributed by atoms with E-state index in [4.69, 9.17) is 34.8 Å². The molecule has 11 heteroatoms. The predicted octanol–water partition coefficient (Wildman–Crippen LogP) is 3.97. The Balaban J connectivity index is 2.43. The summed E-state index contributed by atoms with van der Waals surface area (Å²) in [6.45, 7) is 3.29. The minimum atomic E-state index is -3.93. The van der Waals surface area contributed by atoms with Crippen LogP contribution in [0.2, 0.25) is 15.1 Å². The van der Waals surface area contributed by atoms with Crippen LogP contribution in [-0.2, 0) is 26.2 Å². The van der Waals surface area contributed by atoms with Crippen LogP contribution in [0.4, 0.5) is 5.69 Å². The lowest BCUT2D eigenvalue weighted by molar-refractivity contribution is -0.139. The Morgan fingerprint density at radius 2 is 1.62 bits per heavy atom. The average Bonchev–Trinajstić information content (AvgIpc) is 2.72. The quantitative estimate of drug-likeness (QED) is 0.507. The fourth-order valence-corrected chi connectivity index (χ4v) is 4.53. The minimum absolute atomic E-state index is 0.0160. The van der Waals surface area contributed by atoms with Gasteiger partial charge in [-0.2, -0.15) is 0 Å². The number of anilines is 1. The highest BCUT2D eigenvalue weighted by Crippen LogP contribution is 2.35. The molecule has 0 aliphatic heterocycles. The molecule has 7 nitrogen and oxygen atoms in total. The van der Waals surface area contributed by atoms with E-state index in [1.807, 2.05) is 30.3 Å². The number of nitrogens with zero attached hydrogens (tertiary/aromatic N) is 2. The van der Waals surface area contributed by atoms with E-state index in [1.54, 1.807) is 13.8 Å². The molecule has 2 amide bonds. The summed E-state index contributed by atoms with van der Waals surface area (Å²) >= 11 is 18.2. The van der Waals surface area contributed by atoms with Crippen molar-refractivity contribution >= 4 is 62.3 Å². The van der Waals surface area contributed by atoms with E-state index in [2.05, 4.69) is 5.32 Å². The number of likely N-dealkylation sites (N-methyl/N-ethyl adjacent to an activating group) is 1. The molecule has 0 saturated carbocycles. The Morgan fingerprint density at radius 1 is 1.03 bits per heavy atom. The van der Waals surface area contributed by atoms with Crippen molar-refractivity contribution in [3.63, 3.8) is 0 Å². The third kappa shape index (κ3) is 6.75. The van der Waals surface area contributed by atoms with Crippen LogP contribution in [0.15, 0.2) is 42.5 Å². The first-order valence-electron chi connectivity index (χ1n) is 9.69.